The Labute approximate surface area is 177 Å². The van der Waals surface area contributed by atoms with Gasteiger partial charge >= 0.3 is 0 Å². The summed E-state index contributed by atoms with van der Waals surface area (Å²) in [5.74, 6) is -0.329. The number of hydrogen-bond acceptors (Lipinski definition) is 6. The highest BCUT2D eigenvalue weighted by Gasteiger charge is 2.45. The molecule has 1 aliphatic rings. The summed E-state index contributed by atoms with van der Waals surface area (Å²) in [5.41, 5.74) is 2.27. The quantitative estimate of drug-likeness (QED) is 0.424. The molecule has 0 saturated heterocycles. The van der Waals surface area contributed by atoms with Crippen molar-refractivity contribution >= 4 is 49.3 Å². The summed E-state index contributed by atoms with van der Waals surface area (Å²) in [5, 5.41) is 9.84. The van der Waals surface area contributed by atoms with Crippen LogP contribution in [0.4, 0.5) is 5.13 Å². The van der Waals surface area contributed by atoms with Crippen LogP contribution in [0.15, 0.2) is 56.1 Å². The van der Waals surface area contributed by atoms with Gasteiger partial charge in [0.25, 0.3) is 5.91 Å². The summed E-state index contributed by atoms with van der Waals surface area (Å²) in [6, 6.07) is 12.3. The highest BCUT2D eigenvalue weighted by Crippen LogP contribution is 2.42. The molecule has 3 heterocycles. The molecule has 0 aliphatic carbocycles. The van der Waals surface area contributed by atoms with Gasteiger partial charge in [-0.3, -0.25) is 14.5 Å². The minimum absolute atomic E-state index is 0.0594. The van der Waals surface area contributed by atoms with Crippen LogP contribution >= 0.6 is 27.3 Å². The summed E-state index contributed by atoms with van der Waals surface area (Å²) in [6.07, 6.45) is 0. The molecule has 0 saturated carbocycles. The van der Waals surface area contributed by atoms with Gasteiger partial charge in [-0.15, -0.1) is 10.2 Å². The molecule has 0 radical (unpaired) electrons. The zero-order chi connectivity index (χ0) is 20.3. The van der Waals surface area contributed by atoms with E-state index in [4.69, 9.17) is 4.42 Å². The van der Waals surface area contributed by atoms with Gasteiger partial charge < -0.3 is 4.42 Å². The van der Waals surface area contributed by atoms with Crippen molar-refractivity contribution in [2.75, 3.05) is 4.90 Å². The van der Waals surface area contributed by atoms with Crippen LogP contribution in [0.3, 0.4) is 0 Å². The normalized spacial score (nSPS) is 15.9. The Morgan fingerprint density at radius 3 is 2.66 bits per heavy atom. The smallest absolute Gasteiger partial charge is 0.297 e. The number of nitrogens with zero attached hydrogens (tertiary/aromatic N) is 3. The van der Waals surface area contributed by atoms with Crippen LogP contribution in [-0.2, 0) is 0 Å². The van der Waals surface area contributed by atoms with Crippen LogP contribution in [0.2, 0.25) is 0 Å². The third-order valence-electron chi connectivity index (χ3n) is 4.91. The zero-order valence-corrected chi connectivity index (χ0v) is 17.9. The lowest BCUT2D eigenvalue weighted by Gasteiger charge is -2.22. The van der Waals surface area contributed by atoms with E-state index in [2.05, 4.69) is 26.1 Å². The van der Waals surface area contributed by atoms with E-state index in [0.29, 0.717) is 21.7 Å². The minimum atomic E-state index is -0.636. The number of carbonyl (C=O) groups excluding carboxylic acids is 1. The third-order valence-corrected chi connectivity index (χ3v) is 6.24. The topological polar surface area (TPSA) is 76.3 Å². The first-order chi connectivity index (χ1) is 13.9. The molecular formula is C21H14BrN3O3S. The molecule has 0 spiro atoms. The maximum absolute atomic E-state index is 13.5. The molecule has 0 N–H and O–H groups in total. The largest absolute Gasteiger partial charge is 0.450 e. The number of halogens is 1. The van der Waals surface area contributed by atoms with E-state index in [0.717, 1.165) is 20.6 Å². The highest BCUT2D eigenvalue weighted by molar-refractivity contribution is 9.10. The minimum Gasteiger partial charge on any atom is -0.450 e. The lowest BCUT2D eigenvalue weighted by molar-refractivity contribution is 0.0970. The summed E-state index contributed by atoms with van der Waals surface area (Å²) in [6.45, 7) is 3.74. The Morgan fingerprint density at radius 1 is 1.10 bits per heavy atom. The molecule has 4 aromatic rings. The lowest BCUT2D eigenvalue weighted by atomic mass is 9.98. The van der Waals surface area contributed by atoms with E-state index in [1.807, 2.05) is 44.2 Å². The second-order valence-electron chi connectivity index (χ2n) is 6.91. The number of amides is 1. The lowest BCUT2D eigenvalue weighted by Crippen LogP contribution is -2.29. The maximum Gasteiger partial charge on any atom is 0.297 e. The summed E-state index contributed by atoms with van der Waals surface area (Å²) >= 11 is 4.78. The van der Waals surface area contributed by atoms with Crippen LogP contribution in [-0.4, -0.2) is 16.1 Å². The van der Waals surface area contributed by atoms with Gasteiger partial charge in [0, 0.05) is 4.47 Å². The molecule has 0 fully saturated rings. The van der Waals surface area contributed by atoms with E-state index in [9.17, 15) is 9.59 Å². The molecule has 6 nitrogen and oxygen atoms in total. The van der Waals surface area contributed by atoms with Crippen molar-refractivity contribution in [2.24, 2.45) is 0 Å². The van der Waals surface area contributed by atoms with Crippen molar-refractivity contribution in [3.63, 3.8) is 0 Å². The van der Waals surface area contributed by atoms with Gasteiger partial charge in [-0.1, -0.05) is 51.0 Å². The van der Waals surface area contributed by atoms with Gasteiger partial charge in [0.15, 0.2) is 5.43 Å². The van der Waals surface area contributed by atoms with Gasteiger partial charge in [0.1, 0.15) is 10.6 Å². The second-order valence-corrected chi connectivity index (χ2v) is 8.99. The van der Waals surface area contributed by atoms with E-state index in [1.54, 1.807) is 12.1 Å². The van der Waals surface area contributed by atoms with Crippen molar-refractivity contribution < 1.29 is 9.21 Å². The summed E-state index contributed by atoms with van der Waals surface area (Å²) in [7, 11) is 0. The van der Waals surface area contributed by atoms with E-state index >= 15 is 0 Å². The predicted molar refractivity (Wildman–Crippen MR) is 115 cm³/mol. The molecule has 1 unspecified atom stereocenters. The van der Waals surface area contributed by atoms with Gasteiger partial charge in [0.05, 0.1) is 17.0 Å². The third kappa shape index (κ3) is 2.82. The molecule has 8 heteroatoms. The second kappa shape index (κ2) is 6.60. The standard InChI is InChI=1S/C21H14BrN3O3S/c1-10-6-7-15-14(8-10)18(26)16-17(12-4-3-5-13(22)9-12)25(20(27)19(16)28-15)21-24-23-11(2)29-21/h3-9,17H,1-2H3. The van der Waals surface area contributed by atoms with E-state index in [1.165, 1.54) is 16.2 Å². The molecular weight excluding hydrogens is 454 g/mol. The van der Waals surface area contributed by atoms with Crippen molar-refractivity contribution in [3.8, 4) is 0 Å². The monoisotopic (exact) mass is 467 g/mol. The fraction of sp³-hybridized carbons (Fsp3) is 0.143. The van der Waals surface area contributed by atoms with Crippen LogP contribution in [0.5, 0.6) is 0 Å². The Morgan fingerprint density at radius 2 is 1.93 bits per heavy atom. The molecule has 29 heavy (non-hydrogen) atoms. The zero-order valence-electron chi connectivity index (χ0n) is 15.5. The average molecular weight is 468 g/mol. The van der Waals surface area contributed by atoms with Crippen LogP contribution in [0.25, 0.3) is 11.0 Å². The molecule has 1 aliphatic heterocycles. The molecule has 1 amide bonds. The Bertz CT molecular complexity index is 1360. The van der Waals surface area contributed by atoms with E-state index in [-0.39, 0.29) is 17.1 Å². The molecule has 1 atom stereocenters. The first kappa shape index (κ1) is 18.2. The number of benzene rings is 2. The molecule has 144 valence electrons. The first-order valence-corrected chi connectivity index (χ1v) is 10.5. The van der Waals surface area contributed by atoms with Gasteiger partial charge in [-0.2, -0.15) is 0 Å². The van der Waals surface area contributed by atoms with Gasteiger partial charge in [0.2, 0.25) is 10.9 Å². The van der Waals surface area contributed by atoms with Crippen molar-refractivity contribution in [3.05, 3.63) is 84.6 Å². The molecule has 5 rings (SSSR count). The van der Waals surface area contributed by atoms with Gasteiger partial charge in [-0.05, 0) is 43.7 Å². The van der Waals surface area contributed by atoms with Crippen molar-refractivity contribution in [1.82, 2.24) is 10.2 Å². The molecule has 2 aromatic heterocycles. The number of rotatable bonds is 2. The fourth-order valence-electron chi connectivity index (χ4n) is 3.66. The van der Waals surface area contributed by atoms with Crippen LogP contribution in [0, 0.1) is 13.8 Å². The van der Waals surface area contributed by atoms with Crippen LogP contribution < -0.4 is 10.3 Å². The highest BCUT2D eigenvalue weighted by atomic mass is 79.9. The SMILES string of the molecule is Cc1ccc2oc3c(c(=O)c2c1)C(c1cccc(Br)c1)N(c1nnc(C)s1)C3=O. The number of fused-ring (bicyclic) bond motifs is 2. The van der Waals surface area contributed by atoms with Gasteiger partial charge in [-0.25, -0.2) is 0 Å². The summed E-state index contributed by atoms with van der Waals surface area (Å²) in [4.78, 5) is 28.4. The molecule has 2 aromatic carbocycles. The first-order valence-electron chi connectivity index (χ1n) is 8.90. The number of aryl methyl sites for hydroxylation is 2. The number of hydrogen-bond donors (Lipinski definition) is 0. The van der Waals surface area contributed by atoms with Crippen LogP contribution in [0.1, 0.15) is 38.3 Å². The van der Waals surface area contributed by atoms with Crippen molar-refractivity contribution in [2.45, 2.75) is 19.9 Å². The molecule has 0 bridgehead atoms. The Balaban J connectivity index is 1.84. The fourth-order valence-corrected chi connectivity index (χ4v) is 4.79. The number of aromatic nitrogens is 2. The predicted octanol–water partition coefficient (Wildman–Crippen LogP) is 4.77. The number of carbonyl (C=O) groups is 1. The van der Waals surface area contributed by atoms with E-state index < -0.39 is 6.04 Å². The average Bonchev–Trinajstić information content (AvgIpc) is 3.24. The summed E-state index contributed by atoms with van der Waals surface area (Å²) < 4.78 is 6.80. The Kier molecular flexibility index (Phi) is 4.15. The number of anilines is 1. The van der Waals surface area contributed by atoms with Crippen molar-refractivity contribution in [1.29, 1.82) is 0 Å². The Hall–Kier alpha value is -2.84. The maximum atomic E-state index is 13.5.